The zero-order valence-corrected chi connectivity index (χ0v) is 6.84. The highest BCUT2D eigenvalue weighted by Gasteiger charge is 2.09. The summed E-state index contributed by atoms with van der Waals surface area (Å²) in [5.41, 5.74) is 0.874. The van der Waals surface area contributed by atoms with Crippen molar-refractivity contribution in [3.63, 3.8) is 0 Å². The van der Waals surface area contributed by atoms with Crippen molar-refractivity contribution in [1.29, 1.82) is 0 Å². The van der Waals surface area contributed by atoms with Gasteiger partial charge < -0.3 is 0 Å². The predicted molar refractivity (Wildman–Crippen MR) is 45.7 cm³/mol. The minimum atomic E-state index is -0.0406. The molecule has 0 radical (unpaired) electrons. The Labute approximate surface area is 67.0 Å². The maximum absolute atomic E-state index is 10.9. The monoisotopic (exact) mass is 151 g/mol. The predicted octanol–water partition coefficient (Wildman–Crippen LogP) is 2.10. The molecule has 1 heterocycles. The van der Waals surface area contributed by atoms with Gasteiger partial charge in [0.2, 0.25) is 0 Å². The molecule has 60 valence electrons. The molecule has 0 aliphatic carbocycles. The second kappa shape index (κ2) is 4.06. The highest BCUT2D eigenvalue weighted by Crippen LogP contribution is 2.12. The second-order valence-corrected chi connectivity index (χ2v) is 2.73. The van der Waals surface area contributed by atoms with E-state index < -0.39 is 0 Å². The molecule has 0 saturated carbocycles. The van der Waals surface area contributed by atoms with Crippen molar-refractivity contribution in [1.82, 2.24) is 0 Å². The number of aliphatic imine (C=N–C) groups is 1. The molecule has 0 bridgehead atoms. The first-order valence-electron chi connectivity index (χ1n) is 4.12. The molecule has 11 heavy (non-hydrogen) atoms. The summed E-state index contributed by atoms with van der Waals surface area (Å²) in [6.45, 7) is 2.15. The van der Waals surface area contributed by atoms with E-state index in [1.54, 1.807) is 6.21 Å². The van der Waals surface area contributed by atoms with Gasteiger partial charge in [-0.25, -0.2) is 4.99 Å². The molecular weight excluding hydrogens is 138 g/mol. The molecule has 0 aromatic rings. The van der Waals surface area contributed by atoms with Gasteiger partial charge in [0.05, 0.1) is 0 Å². The van der Waals surface area contributed by atoms with Crippen molar-refractivity contribution in [3.8, 4) is 0 Å². The molecule has 2 heteroatoms. The molecule has 0 atom stereocenters. The Morgan fingerprint density at radius 3 is 2.82 bits per heavy atom. The zero-order valence-electron chi connectivity index (χ0n) is 6.84. The molecule has 0 saturated heterocycles. The van der Waals surface area contributed by atoms with E-state index in [-0.39, 0.29) is 5.91 Å². The lowest BCUT2D eigenvalue weighted by Crippen LogP contribution is -1.93. The summed E-state index contributed by atoms with van der Waals surface area (Å²) >= 11 is 0. The molecule has 2 nitrogen and oxygen atoms in total. The Morgan fingerprint density at radius 2 is 2.27 bits per heavy atom. The number of hydrogen-bond donors (Lipinski definition) is 0. The highest BCUT2D eigenvalue weighted by atomic mass is 16.1. The zero-order chi connectivity index (χ0) is 8.10. The van der Waals surface area contributed by atoms with Crippen molar-refractivity contribution in [3.05, 3.63) is 11.6 Å². The fourth-order valence-corrected chi connectivity index (χ4v) is 1.10. The fraction of sp³-hybridized carbons (Fsp3) is 0.556. The average molecular weight is 151 g/mol. The summed E-state index contributed by atoms with van der Waals surface area (Å²) in [4.78, 5) is 14.5. The van der Waals surface area contributed by atoms with Crippen molar-refractivity contribution in [2.45, 2.75) is 32.6 Å². The number of nitrogens with zero attached hydrogens (tertiary/aromatic N) is 1. The van der Waals surface area contributed by atoms with Crippen LogP contribution in [0.25, 0.3) is 0 Å². The van der Waals surface area contributed by atoms with Crippen LogP contribution in [0.2, 0.25) is 0 Å². The van der Waals surface area contributed by atoms with Crippen molar-refractivity contribution < 1.29 is 4.79 Å². The lowest BCUT2D eigenvalue weighted by Gasteiger charge is -1.96. The van der Waals surface area contributed by atoms with Gasteiger partial charge in [0.15, 0.2) is 0 Å². The van der Waals surface area contributed by atoms with Crippen LogP contribution in [0.3, 0.4) is 0 Å². The maximum Gasteiger partial charge on any atom is 0.272 e. The molecule has 1 amide bonds. The lowest BCUT2D eigenvalue weighted by atomic mass is 10.1. The molecule has 1 aliphatic rings. The first-order valence-corrected chi connectivity index (χ1v) is 4.12. The van der Waals surface area contributed by atoms with E-state index in [1.165, 1.54) is 12.8 Å². The van der Waals surface area contributed by atoms with E-state index in [4.69, 9.17) is 0 Å². The number of rotatable bonds is 4. The smallest absolute Gasteiger partial charge is 0.267 e. The van der Waals surface area contributed by atoms with Gasteiger partial charge in [-0.2, -0.15) is 0 Å². The summed E-state index contributed by atoms with van der Waals surface area (Å²) in [7, 11) is 0. The quantitative estimate of drug-likeness (QED) is 0.566. The summed E-state index contributed by atoms with van der Waals surface area (Å²) in [6, 6.07) is 0. The molecule has 0 spiro atoms. The summed E-state index contributed by atoms with van der Waals surface area (Å²) < 4.78 is 0. The van der Waals surface area contributed by atoms with Crippen LogP contribution < -0.4 is 0 Å². The van der Waals surface area contributed by atoms with Gasteiger partial charge in [-0.15, -0.1) is 0 Å². The van der Waals surface area contributed by atoms with Gasteiger partial charge in [-0.3, -0.25) is 4.79 Å². The molecular formula is C9H13NO. The Bertz CT molecular complexity index is 204. The van der Waals surface area contributed by atoms with Crippen LogP contribution in [0, 0.1) is 0 Å². The first-order chi connectivity index (χ1) is 5.34. The number of amides is 1. The van der Waals surface area contributed by atoms with Crippen molar-refractivity contribution >= 4 is 12.1 Å². The third-order valence-corrected chi connectivity index (χ3v) is 1.79. The molecule has 0 unspecified atom stereocenters. The normalized spacial score (nSPS) is 15.7. The van der Waals surface area contributed by atoms with Crippen LogP contribution in [0.1, 0.15) is 32.6 Å². The van der Waals surface area contributed by atoms with Gasteiger partial charge >= 0.3 is 0 Å². The van der Waals surface area contributed by atoms with Crippen LogP contribution in [0.4, 0.5) is 0 Å². The van der Waals surface area contributed by atoms with Crippen molar-refractivity contribution in [2.75, 3.05) is 0 Å². The SMILES string of the molecule is CCCCCC1=CC=NC1=O. The van der Waals surface area contributed by atoms with Gasteiger partial charge in [0.25, 0.3) is 5.91 Å². The molecule has 0 fully saturated rings. The third-order valence-electron chi connectivity index (χ3n) is 1.79. The van der Waals surface area contributed by atoms with Crippen LogP contribution in [0.15, 0.2) is 16.6 Å². The number of allylic oxidation sites excluding steroid dienone is 1. The van der Waals surface area contributed by atoms with Gasteiger partial charge in [-0.1, -0.05) is 19.8 Å². The number of unbranched alkanes of at least 4 members (excludes halogenated alkanes) is 2. The molecule has 1 aliphatic heterocycles. The van der Waals surface area contributed by atoms with E-state index in [1.807, 2.05) is 6.08 Å². The minimum Gasteiger partial charge on any atom is -0.267 e. The van der Waals surface area contributed by atoms with Crippen LogP contribution >= 0.6 is 0 Å². The highest BCUT2D eigenvalue weighted by molar-refractivity contribution is 6.07. The Balaban J connectivity index is 2.23. The number of carbonyl (C=O) groups excluding carboxylic acids is 1. The summed E-state index contributed by atoms with van der Waals surface area (Å²) in [5.74, 6) is -0.0406. The van der Waals surface area contributed by atoms with E-state index in [9.17, 15) is 4.79 Å². The van der Waals surface area contributed by atoms with E-state index in [2.05, 4.69) is 11.9 Å². The Hall–Kier alpha value is -0.920. The fourth-order valence-electron chi connectivity index (χ4n) is 1.10. The van der Waals surface area contributed by atoms with Gasteiger partial charge in [0.1, 0.15) is 0 Å². The third kappa shape index (κ3) is 2.30. The van der Waals surface area contributed by atoms with Gasteiger partial charge in [-0.05, 0) is 18.9 Å². The Morgan fingerprint density at radius 1 is 1.45 bits per heavy atom. The standard InChI is InChI=1S/C9H13NO/c1-2-3-4-5-8-6-7-10-9(8)11/h6-7H,2-5H2,1H3. The summed E-state index contributed by atoms with van der Waals surface area (Å²) in [5, 5.41) is 0. The van der Waals surface area contributed by atoms with Crippen LogP contribution in [-0.4, -0.2) is 12.1 Å². The van der Waals surface area contributed by atoms with E-state index in [0.717, 1.165) is 18.4 Å². The molecule has 0 aromatic carbocycles. The van der Waals surface area contributed by atoms with Gasteiger partial charge in [0, 0.05) is 11.8 Å². The Kier molecular flexibility index (Phi) is 3.02. The lowest BCUT2D eigenvalue weighted by molar-refractivity contribution is -0.114. The molecule has 0 N–H and O–H groups in total. The number of hydrogen-bond acceptors (Lipinski definition) is 1. The first kappa shape index (κ1) is 8.18. The van der Waals surface area contributed by atoms with Crippen LogP contribution in [-0.2, 0) is 4.79 Å². The summed E-state index contributed by atoms with van der Waals surface area (Å²) in [6.07, 6.45) is 7.80. The minimum absolute atomic E-state index is 0.0406. The van der Waals surface area contributed by atoms with E-state index >= 15 is 0 Å². The topological polar surface area (TPSA) is 29.4 Å². The largest absolute Gasteiger partial charge is 0.272 e. The second-order valence-electron chi connectivity index (χ2n) is 2.73. The van der Waals surface area contributed by atoms with E-state index in [0.29, 0.717) is 0 Å². The number of carbonyl (C=O) groups is 1. The molecule has 0 aromatic heterocycles. The average Bonchev–Trinajstić information content (AvgIpc) is 2.37. The maximum atomic E-state index is 10.9. The van der Waals surface area contributed by atoms with Crippen molar-refractivity contribution in [2.24, 2.45) is 4.99 Å². The van der Waals surface area contributed by atoms with Crippen LogP contribution in [0.5, 0.6) is 0 Å². The molecule has 1 rings (SSSR count).